The van der Waals surface area contributed by atoms with Crippen molar-refractivity contribution in [3.63, 3.8) is 0 Å². The highest BCUT2D eigenvalue weighted by molar-refractivity contribution is 6.33. The fourth-order valence-corrected chi connectivity index (χ4v) is 1.83. The van der Waals surface area contributed by atoms with E-state index in [0.29, 0.717) is 11.2 Å². The van der Waals surface area contributed by atoms with Gasteiger partial charge in [-0.1, -0.05) is 11.6 Å². The Morgan fingerprint density at radius 1 is 1.30 bits per heavy atom. The molecule has 0 unspecified atom stereocenters. The first-order valence-electron chi connectivity index (χ1n) is 5.50. The molecular formula is C11H7ClN6O2. The van der Waals surface area contributed by atoms with Gasteiger partial charge < -0.3 is 9.97 Å². The molecule has 0 atom stereocenters. The summed E-state index contributed by atoms with van der Waals surface area (Å²) in [5.41, 5.74) is 0.641. The van der Waals surface area contributed by atoms with E-state index in [4.69, 9.17) is 11.6 Å². The molecule has 0 fully saturated rings. The van der Waals surface area contributed by atoms with Crippen molar-refractivity contribution in [3.8, 4) is 0 Å². The lowest BCUT2D eigenvalue weighted by molar-refractivity contribution is 0.102. The second-order valence-corrected chi connectivity index (χ2v) is 4.19. The molecule has 9 heteroatoms. The maximum absolute atomic E-state index is 11.9. The van der Waals surface area contributed by atoms with E-state index in [1.165, 1.54) is 24.7 Å². The van der Waals surface area contributed by atoms with Crippen molar-refractivity contribution in [1.29, 1.82) is 0 Å². The minimum atomic E-state index is -0.512. The smallest absolute Gasteiger partial charge is 0.258 e. The van der Waals surface area contributed by atoms with Crippen molar-refractivity contribution >= 4 is 34.6 Å². The van der Waals surface area contributed by atoms with Gasteiger partial charge in [0.25, 0.3) is 5.91 Å². The maximum Gasteiger partial charge on any atom is 0.258 e. The van der Waals surface area contributed by atoms with E-state index in [-0.39, 0.29) is 22.2 Å². The molecule has 0 aliphatic heterocycles. The number of aromatic amines is 2. The van der Waals surface area contributed by atoms with Gasteiger partial charge in [-0.05, 0) is 6.07 Å². The van der Waals surface area contributed by atoms with Gasteiger partial charge in [0, 0.05) is 17.8 Å². The third-order valence-electron chi connectivity index (χ3n) is 2.50. The normalized spacial score (nSPS) is 10.7. The highest BCUT2D eigenvalue weighted by Crippen LogP contribution is 2.18. The number of nitrogens with one attached hydrogen (secondary N) is 3. The van der Waals surface area contributed by atoms with Crippen LogP contribution in [0.1, 0.15) is 10.4 Å². The summed E-state index contributed by atoms with van der Waals surface area (Å²) in [5.74, 6) is -0.498. The molecule has 3 heterocycles. The first kappa shape index (κ1) is 12.3. The van der Waals surface area contributed by atoms with Crippen molar-refractivity contribution < 1.29 is 4.79 Å². The number of hydrogen-bond donors (Lipinski definition) is 3. The Bertz CT molecular complexity index is 855. The molecule has 0 saturated carbocycles. The van der Waals surface area contributed by atoms with Crippen molar-refractivity contribution in [2.24, 2.45) is 0 Å². The highest BCUT2D eigenvalue weighted by atomic mass is 35.5. The van der Waals surface area contributed by atoms with Gasteiger partial charge in [-0.3, -0.25) is 14.9 Å². The van der Waals surface area contributed by atoms with Crippen LogP contribution in [0.5, 0.6) is 0 Å². The van der Waals surface area contributed by atoms with E-state index in [2.05, 4.69) is 30.2 Å². The number of imidazole rings is 1. The molecule has 0 saturated heterocycles. The van der Waals surface area contributed by atoms with Crippen LogP contribution in [0.25, 0.3) is 11.2 Å². The van der Waals surface area contributed by atoms with Gasteiger partial charge in [0.15, 0.2) is 10.8 Å². The van der Waals surface area contributed by atoms with Crippen LogP contribution in [-0.2, 0) is 0 Å². The summed E-state index contributed by atoms with van der Waals surface area (Å²) >= 11 is 5.93. The van der Waals surface area contributed by atoms with Crippen molar-refractivity contribution in [3.05, 3.63) is 45.7 Å². The minimum absolute atomic E-state index is 0.0138. The Morgan fingerprint density at radius 3 is 2.95 bits per heavy atom. The monoisotopic (exact) mass is 290 g/mol. The molecular weight excluding hydrogens is 284 g/mol. The van der Waals surface area contributed by atoms with E-state index in [1.54, 1.807) is 0 Å². The number of fused-ring (bicyclic) bond motifs is 1. The largest absolute Gasteiger partial charge is 0.341 e. The number of amides is 1. The van der Waals surface area contributed by atoms with E-state index >= 15 is 0 Å². The van der Waals surface area contributed by atoms with E-state index in [1.807, 2.05) is 0 Å². The number of carbonyl (C=O) groups is 1. The molecule has 0 aliphatic rings. The molecule has 1 amide bonds. The zero-order chi connectivity index (χ0) is 14.1. The summed E-state index contributed by atoms with van der Waals surface area (Å²) in [6.07, 6.45) is 2.80. The summed E-state index contributed by atoms with van der Waals surface area (Å²) in [4.78, 5) is 40.2. The van der Waals surface area contributed by atoms with Crippen molar-refractivity contribution in [2.45, 2.75) is 0 Å². The fourth-order valence-electron chi connectivity index (χ4n) is 1.61. The molecule has 3 N–H and O–H groups in total. The molecule has 3 aromatic rings. The second kappa shape index (κ2) is 4.74. The van der Waals surface area contributed by atoms with Gasteiger partial charge in [-0.2, -0.15) is 9.97 Å². The van der Waals surface area contributed by atoms with E-state index < -0.39 is 5.91 Å². The summed E-state index contributed by atoms with van der Waals surface area (Å²) < 4.78 is 0. The predicted octanol–water partition coefficient (Wildman–Crippen LogP) is 0.947. The average Bonchev–Trinajstić information content (AvgIpc) is 2.87. The zero-order valence-electron chi connectivity index (χ0n) is 9.85. The van der Waals surface area contributed by atoms with Gasteiger partial charge in [0.2, 0.25) is 11.5 Å². The average molecular weight is 291 g/mol. The summed E-state index contributed by atoms with van der Waals surface area (Å²) in [6.45, 7) is 0. The number of nitrogens with zero attached hydrogens (tertiary/aromatic N) is 3. The lowest BCUT2D eigenvalue weighted by atomic mass is 10.2. The number of halogens is 1. The molecule has 8 nitrogen and oxygen atoms in total. The molecule has 3 aromatic heterocycles. The Labute approximate surface area is 116 Å². The van der Waals surface area contributed by atoms with E-state index in [9.17, 15) is 9.59 Å². The molecule has 20 heavy (non-hydrogen) atoms. The van der Waals surface area contributed by atoms with E-state index in [0.717, 1.165) is 0 Å². The number of hydrogen-bond acceptors (Lipinski definition) is 5. The number of aromatic nitrogens is 5. The molecule has 0 aromatic carbocycles. The third-order valence-corrected chi connectivity index (χ3v) is 2.78. The van der Waals surface area contributed by atoms with Gasteiger partial charge in [0.05, 0.1) is 6.33 Å². The third kappa shape index (κ3) is 2.24. The molecule has 3 rings (SSSR count). The van der Waals surface area contributed by atoms with Crippen LogP contribution in [0.2, 0.25) is 5.15 Å². The standard InChI is InChI=1S/C11H7ClN6O2/c12-8-7-9(15-4-14-7)17-11(16-8)18-10(20)5-1-2-13-6(19)3-5/h1-4H,(H,13,19)(H2,14,15,16,17,18,20). The van der Waals surface area contributed by atoms with Crippen molar-refractivity contribution in [2.75, 3.05) is 5.32 Å². The predicted molar refractivity (Wildman–Crippen MR) is 71.7 cm³/mol. The SMILES string of the molecule is O=C(Nc1nc(Cl)c2[nH]cnc2n1)c1cc[nH]c(=O)c1. The van der Waals surface area contributed by atoms with Crippen molar-refractivity contribution in [1.82, 2.24) is 24.9 Å². The van der Waals surface area contributed by atoms with Crippen LogP contribution in [-0.4, -0.2) is 30.8 Å². The molecule has 0 aliphatic carbocycles. The molecule has 0 spiro atoms. The molecule has 0 bridgehead atoms. The number of carbonyl (C=O) groups excluding carboxylic acids is 1. The Morgan fingerprint density at radius 2 is 2.15 bits per heavy atom. The maximum atomic E-state index is 11.9. The zero-order valence-corrected chi connectivity index (χ0v) is 10.6. The highest BCUT2D eigenvalue weighted by Gasteiger charge is 2.12. The number of rotatable bonds is 2. The van der Waals surface area contributed by atoms with Gasteiger partial charge in [-0.25, -0.2) is 4.98 Å². The number of pyridine rings is 1. The molecule has 0 radical (unpaired) electrons. The van der Waals surface area contributed by atoms with Crippen LogP contribution in [0.3, 0.4) is 0 Å². The molecule has 100 valence electrons. The first-order chi connectivity index (χ1) is 9.63. The Hall–Kier alpha value is -2.74. The lowest BCUT2D eigenvalue weighted by Gasteiger charge is -2.03. The summed E-state index contributed by atoms with van der Waals surface area (Å²) in [6, 6.07) is 2.63. The van der Waals surface area contributed by atoms with Crippen LogP contribution >= 0.6 is 11.6 Å². The van der Waals surface area contributed by atoms with Gasteiger partial charge in [-0.15, -0.1) is 0 Å². The quantitative estimate of drug-likeness (QED) is 0.607. The van der Waals surface area contributed by atoms with Crippen LogP contribution < -0.4 is 10.9 Å². The lowest BCUT2D eigenvalue weighted by Crippen LogP contribution is -2.17. The first-order valence-corrected chi connectivity index (χ1v) is 5.88. The van der Waals surface area contributed by atoms with Gasteiger partial charge in [0.1, 0.15) is 5.52 Å². The Kier molecular flexibility index (Phi) is 2.92. The van der Waals surface area contributed by atoms with Gasteiger partial charge >= 0.3 is 0 Å². The van der Waals surface area contributed by atoms with Crippen LogP contribution in [0.15, 0.2) is 29.5 Å². The minimum Gasteiger partial charge on any atom is -0.341 e. The topological polar surface area (TPSA) is 116 Å². The van der Waals surface area contributed by atoms with Crippen LogP contribution in [0.4, 0.5) is 5.95 Å². The fraction of sp³-hybridized carbons (Fsp3) is 0. The number of anilines is 1. The number of H-pyrrole nitrogens is 2. The second-order valence-electron chi connectivity index (χ2n) is 3.83. The summed E-state index contributed by atoms with van der Waals surface area (Å²) in [5, 5.41) is 2.60. The summed E-state index contributed by atoms with van der Waals surface area (Å²) in [7, 11) is 0. The Balaban J connectivity index is 1.93. The van der Waals surface area contributed by atoms with Crippen LogP contribution in [0, 0.1) is 0 Å².